The highest BCUT2D eigenvalue weighted by Gasteiger charge is 2.25. The Morgan fingerprint density at radius 1 is 1.32 bits per heavy atom. The first kappa shape index (κ1) is 18.2. The molecule has 0 unspecified atom stereocenters. The standard InChI is InChI=1S/C18H28N2O2/c1-6-7-8-15-9-11-16(12-10-15)19-18(22)17(21)13(2)14(3)20(4)5/h9-13,17,21H,3,6-8H2,1-2,4-5H3,(H,19,22)/t13-,17+/m0/s1. The third-order valence-corrected chi connectivity index (χ3v) is 3.88. The molecular weight excluding hydrogens is 276 g/mol. The Kier molecular flexibility index (Phi) is 7.12. The average Bonchev–Trinajstić information content (AvgIpc) is 2.51. The third-order valence-electron chi connectivity index (χ3n) is 3.88. The van der Waals surface area contributed by atoms with Crippen LogP contribution in [-0.2, 0) is 11.2 Å². The number of rotatable bonds is 8. The van der Waals surface area contributed by atoms with E-state index >= 15 is 0 Å². The van der Waals surface area contributed by atoms with Crippen molar-refractivity contribution in [2.75, 3.05) is 19.4 Å². The van der Waals surface area contributed by atoms with Crippen molar-refractivity contribution >= 4 is 11.6 Å². The quantitative estimate of drug-likeness (QED) is 0.776. The number of aliphatic hydroxyl groups is 1. The molecule has 0 saturated carbocycles. The molecule has 0 aliphatic heterocycles. The van der Waals surface area contributed by atoms with Crippen molar-refractivity contribution < 1.29 is 9.90 Å². The lowest BCUT2D eigenvalue weighted by Crippen LogP contribution is -2.36. The molecule has 1 rings (SSSR count). The van der Waals surface area contributed by atoms with Gasteiger partial charge < -0.3 is 15.3 Å². The molecule has 0 fully saturated rings. The Hall–Kier alpha value is -1.81. The molecule has 0 bridgehead atoms. The van der Waals surface area contributed by atoms with E-state index in [1.807, 2.05) is 43.3 Å². The zero-order valence-electron chi connectivity index (χ0n) is 14.1. The molecule has 2 atom stereocenters. The van der Waals surface area contributed by atoms with Gasteiger partial charge in [0, 0.05) is 31.4 Å². The number of carbonyl (C=O) groups is 1. The molecule has 2 N–H and O–H groups in total. The molecule has 0 radical (unpaired) electrons. The van der Waals surface area contributed by atoms with E-state index in [1.54, 1.807) is 6.92 Å². The zero-order chi connectivity index (χ0) is 16.7. The molecule has 1 aromatic rings. The Labute approximate surface area is 133 Å². The fraction of sp³-hybridized carbons (Fsp3) is 0.500. The molecule has 122 valence electrons. The van der Waals surface area contributed by atoms with Crippen LogP contribution in [0.5, 0.6) is 0 Å². The van der Waals surface area contributed by atoms with Gasteiger partial charge in [-0.1, -0.05) is 39.0 Å². The van der Waals surface area contributed by atoms with Crippen LogP contribution in [0.2, 0.25) is 0 Å². The van der Waals surface area contributed by atoms with Crippen LogP contribution in [0.15, 0.2) is 36.5 Å². The minimum absolute atomic E-state index is 0.334. The second-order valence-corrected chi connectivity index (χ2v) is 5.91. The van der Waals surface area contributed by atoms with Crippen molar-refractivity contribution in [1.82, 2.24) is 4.90 Å². The maximum absolute atomic E-state index is 12.1. The van der Waals surface area contributed by atoms with Gasteiger partial charge in [-0.25, -0.2) is 0 Å². The molecule has 4 heteroatoms. The zero-order valence-corrected chi connectivity index (χ0v) is 14.1. The predicted molar refractivity (Wildman–Crippen MR) is 91.7 cm³/mol. The Morgan fingerprint density at radius 3 is 2.41 bits per heavy atom. The third kappa shape index (κ3) is 5.19. The normalized spacial score (nSPS) is 13.3. The van der Waals surface area contributed by atoms with Crippen LogP contribution < -0.4 is 5.32 Å². The molecule has 0 aliphatic rings. The van der Waals surface area contributed by atoms with E-state index in [0.29, 0.717) is 5.69 Å². The summed E-state index contributed by atoms with van der Waals surface area (Å²) in [4.78, 5) is 13.9. The summed E-state index contributed by atoms with van der Waals surface area (Å²) in [6, 6.07) is 7.78. The van der Waals surface area contributed by atoms with Gasteiger partial charge in [0.25, 0.3) is 5.91 Å². The van der Waals surface area contributed by atoms with Crippen LogP contribution in [0.3, 0.4) is 0 Å². The van der Waals surface area contributed by atoms with E-state index in [2.05, 4.69) is 18.8 Å². The van der Waals surface area contributed by atoms with Crippen molar-refractivity contribution in [1.29, 1.82) is 0 Å². The second kappa shape index (κ2) is 8.59. The van der Waals surface area contributed by atoms with Gasteiger partial charge in [-0.05, 0) is 30.5 Å². The summed E-state index contributed by atoms with van der Waals surface area (Å²) in [6.45, 7) is 7.85. The van der Waals surface area contributed by atoms with E-state index in [4.69, 9.17) is 0 Å². The number of anilines is 1. The number of aryl methyl sites for hydroxylation is 1. The van der Waals surface area contributed by atoms with Gasteiger partial charge in [-0.15, -0.1) is 0 Å². The van der Waals surface area contributed by atoms with Crippen LogP contribution >= 0.6 is 0 Å². The summed E-state index contributed by atoms with van der Waals surface area (Å²) < 4.78 is 0. The first-order valence-electron chi connectivity index (χ1n) is 7.80. The fourth-order valence-corrected chi connectivity index (χ4v) is 2.17. The summed E-state index contributed by atoms with van der Waals surface area (Å²) in [5.74, 6) is -0.740. The number of amides is 1. The van der Waals surface area contributed by atoms with Gasteiger partial charge in [0.1, 0.15) is 6.10 Å². The van der Waals surface area contributed by atoms with E-state index in [0.717, 1.165) is 18.5 Å². The van der Waals surface area contributed by atoms with Crippen LogP contribution in [-0.4, -0.2) is 36.1 Å². The number of hydrogen-bond donors (Lipinski definition) is 2. The maximum atomic E-state index is 12.1. The van der Waals surface area contributed by atoms with E-state index in [9.17, 15) is 9.90 Å². The van der Waals surface area contributed by atoms with Crippen molar-refractivity contribution in [3.05, 3.63) is 42.1 Å². The van der Waals surface area contributed by atoms with Gasteiger partial charge >= 0.3 is 0 Å². The van der Waals surface area contributed by atoms with Crippen LogP contribution in [0.25, 0.3) is 0 Å². The number of nitrogens with one attached hydrogen (secondary N) is 1. The number of benzene rings is 1. The molecular formula is C18H28N2O2. The Balaban J connectivity index is 2.62. The van der Waals surface area contributed by atoms with Crippen molar-refractivity contribution in [3.8, 4) is 0 Å². The highest BCUT2D eigenvalue weighted by molar-refractivity contribution is 5.94. The number of nitrogens with zero attached hydrogens (tertiary/aromatic N) is 1. The van der Waals surface area contributed by atoms with Gasteiger partial charge in [0.2, 0.25) is 0 Å². The lowest BCUT2D eigenvalue weighted by Gasteiger charge is -2.25. The highest BCUT2D eigenvalue weighted by atomic mass is 16.3. The summed E-state index contributed by atoms with van der Waals surface area (Å²) in [7, 11) is 3.69. The number of aliphatic hydroxyl groups excluding tert-OH is 1. The summed E-state index contributed by atoms with van der Waals surface area (Å²) >= 11 is 0. The fourth-order valence-electron chi connectivity index (χ4n) is 2.17. The molecule has 0 aromatic heterocycles. The van der Waals surface area contributed by atoms with E-state index < -0.39 is 12.0 Å². The smallest absolute Gasteiger partial charge is 0.253 e. The lowest BCUT2D eigenvalue weighted by atomic mass is 10.00. The van der Waals surface area contributed by atoms with Gasteiger partial charge in [-0.3, -0.25) is 4.79 Å². The molecule has 0 aliphatic carbocycles. The average molecular weight is 304 g/mol. The lowest BCUT2D eigenvalue weighted by molar-refractivity contribution is -0.125. The number of carbonyl (C=O) groups excluding carboxylic acids is 1. The topological polar surface area (TPSA) is 52.6 Å². The van der Waals surface area contributed by atoms with Crippen LogP contribution in [0, 0.1) is 5.92 Å². The van der Waals surface area contributed by atoms with Crippen molar-refractivity contribution in [2.45, 2.75) is 39.2 Å². The minimum Gasteiger partial charge on any atom is -0.383 e. The molecule has 4 nitrogen and oxygen atoms in total. The van der Waals surface area contributed by atoms with Crippen molar-refractivity contribution in [3.63, 3.8) is 0 Å². The monoisotopic (exact) mass is 304 g/mol. The largest absolute Gasteiger partial charge is 0.383 e. The first-order valence-corrected chi connectivity index (χ1v) is 7.80. The minimum atomic E-state index is -1.12. The molecule has 1 amide bonds. The van der Waals surface area contributed by atoms with E-state index in [-0.39, 0.29) is 5.92 Å². The highest BCUT2D eigenvalue weighted by Crippen LogP contribution is 2.17. The maximum Gasteiger partial charge on any atom is 0.253 e. The Morgan fingerprint density at radius 2 is 1.91 bits per heavy atom. The predicted octanol–water partition coefficient (Wildman–Crippen LogP) is 3.04. The number of hydrogen-bond acceptors (Lipinski definition) is 3. The second-order valence-electron chi connectivity index (χ2n) is 5.91. The molecule has 0 saturated heterocycles. The van der Waals surface area contributed by atoms with Gasteiger partial charge in [0.15, 0.2) is 0 Å². The van der Waals surface area contributed by atoms with Gasteiger partial charge in [-0.2, -0.15) is 0 Å². The first-order chi connectivity index (χ1) is 10.4. The molecule has 0 heterocycles. The summed E-state index contributed by atoms with van der Waals surface area (Å²) in [5.41, 5.74) is 2.68. The van der Waals surface area contributed by atoms with Crippen LogP contribution in [0.1, 0.15) is 32.3 Å². The van der Waals surface area contributed by atoms with Crippen LogP contribution in [0.4, 0.5) is 5.69 Å². The molecule has 1 aromatic carbocycles. The molecule has 0 spiro atoms. The van der Waals surface area contributed by atoms with Gasteiger partial charge in [0.05, 0.1) is 0 Å². The Bertz CT molecular complexity index is 494. The number of unbranched alkanes of at least 4 members (excludes halogenated alkanes) is 1. The SMILES string of the molecule is C=C([C@H](C)[C@@H](O)C(=O)Nc1ccc(CCCC)cc1)N(C)C. The van der Waals surface area contributed by atoms with E-state index in [1.165, 1.54) is 12.0 Å². The van der Waals surface area contributed by atoms with Crippen molar-refractivity contribution in [2.24, 2.45) is 5.92 Å². The summed E-state index contributed by atoms with van der Waals surface area (Å²) in [5, 5.41) is 12.9. The molecule has 22 heavy (non-hydrogen) atoms. The summed E-state index contributed by atoms with van der Waals surface area (Å²) in [6.07, 6.45) is 2.26.